The Balaban J connectivity index is 1.28. The molecule has 5 rings (SSSR count). The molecule has 8 atom stereocenters. The standard InChI is InChI=1S/C32H39N3O12/c1-17(26(39)44-16-20-23(37)24(38)25(45-20)35-15-10-22(33)34-29(35)42)6-5-11-30(3)21-9-13-31(28(41)47-30)12-7-19(27(40)43-4)8-14-32(21,31)46-18(2)36/h5-7,10-11,15,20-21,23-25,37-38H,8-9,12-14,16H2,1-4H3,(H2,33,34,42)/b11-5+,17-6+/t20-,21+,23-,24+,25-,30-,31-,32+/m1/s1. The highest BCUT2D eigenvalue weighted by molar-refractivity contribution is 5.90. The molecule has 2 bridgehead atoms. The smallest absolute Gasteiger partial charge is 0.351 e. The number of hydrogen-bond acceptors (Lipinski definition) is 14. The van der Waals surface area contributed by atoms with Gasteiger partial charge in [-0.1, -0.05) is 18.2 Å². The molecule has 3 heterocycles. The number of cyclic esters (lactones) is 1. The van der Waals surface area contributed by atoms with E-state index in [9.17, 15) is 34.2 Å². The zero-order chi connectivity index (χ0) is 34.3. The van der Waals surface area contributed by atoms with Crippen molar-refractivity contribution in [1.29, 1.82) is 0 Å². The predicted molar refractivity (Wildman–Crippen MR) is 161 cm³/mol. The van der Waals surface area contributed by atoms with Crippen LogP contribution in [0.15, 0.2) is 52.5 Å². The monoisotopic (exact) mass is 657 g/mol. The first-order chi connectivity index (χ1) is 22.2. The molecule has 0 radical (unpaired) electrons. The fourth-order valence-electron chi connectivity index (χ4n) is 7.44. The van der Waals surface area contributed by atoms with E-state index in [1.54, 1.807) is 25.2 Å². The molecule has 0 spiro atoms. The molecule has 1 saturated carbocycles. The summed E-state index contributed by atoms with van der Waals surface area (Å²) in [6, 6.07) is 1.33. The molecule has 0 aromatic carbocycles. The first kappa shape index (κ1) is 34.0. The lowest BCUT2D eigenvalue weighted by Gasteiger charge is -2.54. The van der Waals surface area contributed by atoms with Gasteiger partial charge in [0.15, 0.2) is 6.23 Å². The van der Waals surface area contributed by atoms with E-state index in [0.29, 0.717) is 18.4 Å². The number of rotatable bonds is 8. The van der Waals surface area contributed by atoms with Gasteiger partial charge in [0.25, 0.3) is 0 Å². The summed E-state index contributed by atoms with van der Waals surface area (Å²) in [5.41, 5.74) is 1.69. The molecular formula is C32H39N3O12. The van der Waals surface area contributed by atoms with Crippen molar-refractivity contribution in [2.24, 2.45) is 11.3 Å². The second kappa shape index (κ2) is 12.7. The summed E-state index contributed by atoms with van der Waals surface area (Å²) in [6.45, 7) is 4.08. The second-order valence-electron chi connectivity index (χ2n) is 12.6. The molecule has 2 aliphatic heterocycles. The maximum Gasteiger partial charge on any atom is 0.351 e. The molecule has 4 N–H and O–H groups in total. The van der Waals surface area contributed by atoms with E-state index in [-0.39, 0.29) is 30.7 Å². The van der Waals surface area contributed by atoms with Gasteiger partial charge in [-0.3, -0.25) is 14.2 Å². The fraction of sp³-hybridized carbons (Fsp3) is 0.562. The van der Waals surface area contributed by atoms with E-state index in [1.807, 2.05) is 0 Å². The van der Waals surface area contributed by atoms with Gasteiger partial charge in [-0.25, -0.2) is 14.4 Å². The number of aliphatic hydroxyl groups is 2. The van der Waals surface area contributed by atoms with Crippen LogP contribution in [0, 0.1) is 11.3 Å². The van der Waals surface area contributed by atoms with E-state index >= 15 is 0 Å². The molecule has 2 saturated heterocycles. The Morgan fingerprint density at radius 2 is 1.94 bits per heavy atom. The number of esters is 4. The lowest BCUT2D eigenvalue weighted by atomic mass is 9.62. The molecule has 1 aromatic heterocycles. The van der Waals surface area contributed by atoms with E-state index < -0.39 is 83.2 Å². The van der Waals surface area contributed by atoms with Crippen molar-refractivity contribution in [2.45, 2.75) is 88.6 Å². The van der Waals surface area contributed by atoms with Crippen molar-refractivity contribution >= 4 is 29.7 Å². The third kappa shape index (κ3) is 5.87. The molecule has 254 valence electrons. The van der Waals surface area contributed by atoms with Crippen LogP contribution in [0.1, 0.15) is 59.1 Å². The van der Waals surface area contributed by atoms with Gasteiger partial charge < -0.3 is 39.6 Å². The number of ether oxygens (including phenoxy) is 5. The predicted octanol–water partition coefficient (Wildman–Crippen LogP) is 0.788. The van der Waals surface area contributed by atoms with Crippen LogP contribution >= 0.6 is 0 Å². The van der Waals surface area contributed by atoms with Gasteiger partial charge in [0.05, 0.1) is 7.11 Å². The molecular weight excluding hydrogens is 618 g/mol. The maximum atomic E-state index is 13.8. The van der Waals surface area contributed by atoms with Crippen molar-refractivity contribution in [1.82, 2.24) is 9.55 Å². The Bertz CT molecular complexity index is 1620. The van der Waals surface area contributed by atoms with Crippen molar-refractivity contribution in [3.8, 4) is 0 Å². The number of methoxy groups -OCH3 is 1. The van der Waals surface area contributed by atoms with E-state index in [1.165, 1.54) is 39.3 Å². The number of nitrogens with zero attached hydrogens (tertiary/aromatic N) is 2. The number of carbonyl (C=O) groups excluding carboxylic acids is 4. The van der Waals surface area contributed by atoms with Crippen molar-refractivity contribution in [3.63, 3.8) is 0 Å². The van der Waals surface area contributed by atoms with Crippen LogP contribution in [-0.4, -0.2) is 86.9 Å². The molecule has 0 unspecified atom stereocenters. The summed E-state index contributed by atoms with van der Waals surface area (Å²) in [4.78, 5) is 67.1. The minimum absolute atomic E-state index is 0.0204. The summed E-state index contributed by atoms with van der Waals surface area (Å²) in [5.74, 6) is -2.79. The topological polar surface area (TPSA) is 216 Å². The van der Waals surface area contributed by atoms with Crippen LogP contribution in [0.25, 0.3) is 0 Å². The van der Waals surface area contributed by atoms with Crippen molar-refractivity contribution in [3.05, 3.63) is 58.2 Å². The Morgan fingerprint density at radius 3 is 2.62 bits per heavy atom. The minimum atomic E-state index is -1.50. The highest BCUT2D eigenvalue weighted by atomic mass is 16.6. The van der Waals surface area contributed by atoms with Crippen molar-refractivity contribution in [2.75, 3.05) is 19.5 Å². The lowest BCUT2D eigenvalue weighted by Crippen LogP contribution is -2.65. The van der Waals surface area contributed by atoms with E-state index in [4.69, 9.17) is 29.4 Å². The van der Waals surface area contributed by atoms with Gasteiger partial charge >= 0.3 is 29.6 Å². The summed E-state index contributed by atoms with van der Waals surface area (Å²) in [7, 11) is 1.28. The highest BCUT2D eigenvalue weighted by Crippen LogP contribution is 2.65. The summed E-state index contributed by atoms with van der Waals surface area (Å²) in [6.07, 6.45) is 3.78. The third-order valence-corrected chi connectivity index (χ3v) is 9.80. The van der Waals surface area contributed by atoms with E-state index in [0.717, 1.165) is 4.57 Å². The molecule has 3 fully saturated rings. The number of nitrogens with two attached hydrogens (primary N) is 1. The highest BCUT2D eigenvalue weighted by Gasteiger charge is 2.74. The molecule has 2 aliphatic carbocycles. The summed E-state index contributed by atoms with van der Waals surface area (Å²) >= 11 is 0. The van der Waals surface area contributed by atoms with Gasteiger partial charge in [-0.15, -0.1) is 0 Å². The quantitative estimate of drug-likeness (QED) is 0.153. The van der Waals surface area contributed by atoms with Crippen LogP contribution in [-0.2, 0) is 42.9 Å². The SMILES string of the molecule is COC(=O)C1=CC[C@@]23CC[C@@H]([C@@](C)(/C=C/C=C(\C)C(=O)OC[C@H]4O[C@@H](n5ccc(N)nc5=O)[C@@H](O)[C@@H]4O)OC2=O)[C@@]3(OC(C)=O)CC1. The first-order valence-electron chi connectivity index (χ1n) is 15.3. The number of anilines is 1. The number of aliphatic hydroxyl groups excluding tert-OH is 2. The van der Waals surface area contributed by atoms with Crippen LogP contribution in [0.4, 0.5) is 5.82 Å². The zero-order valence-electron chi connectivity index (χ0n) is 26.5. The number of carbonyl (C=O) groups is 4. The molecule has 1 aromatic rings. The van der Waals surface area contributed by atoms with Gasteiger partial charge in [0.1, 0.15) is 47.4 Å². The lowest BCUT2D eigenvalue weighted by molar-refractivity contribution is -0.235. The zero-order valence-corrected chi connectivity index (χ0v) is 26.5. The number of hydrogen-bond donors (Lipinski definition) is 3. The molecule has 15 heteroatoms. The minimum Gasteiger partial charge on any atom is -0.466 e. The maximum absolute atomic E-state index is 13.8. The normalized spacial score (nSPS) is 35.0. The second-order valence-corrected chi connectivity index (χ2v) is 12.6. The van der Waals surface area contributed by atoms with Crippen LogP contribution in [0.3, 0.4) is 0 Å². The fourth-order valence-corrected chi connectivity index (χ4v) is 7.44. The summed E-state index contributed by atoms with van der Waals surface area (Å²) < 4.78 is 28.9. The Hall–Kier alpha value is -4.34. The Morgan fingerprint density at radius 1 is 1.19 bits per heavy atom. The van der Waals surface area contributed by atoms with E-state index in [2.05, 4.69) is 4.98 Å². The average molecular weight is 658 g/mol. The first-order valence-corrected chi connectivity index (χ1v) is 15.3. The molecule has 47 heavy (non-hydrogen) atoms. The third-order valence-electron chi connectivity index (χ3n) is 9.80. The average Bonchev–Trinajstić information content (AvgIpc) is 3.37. The van der Waals surface area contributed by atoms with Gasteiger partial charge in [-0.2, -0.15) is 4.98 Å². The molecule has 0 amide bonds. The Labute approximate surface area is 270 Å². The van der Waals surface area contributed by atoms with Crippen LogP contribution in [0.2, 0.25) is 0 Å². The van der Waals surface area contributed by atoms with Crippen molar-refractivity contribution < 1.29 is 53.1 Å². The van der Waals surface area contributed by atoms with Crippen LogP contribution < -0.4 is 11.4 Å². The largest absolute Gasteiger partial charge is 0.466 e. The van der Waals surface area contributed by atoms with Crippen LogP contribution in [0.5, 0.6) is 0 Å². The van der Waals surface area contributed by atoms with Gasteiger partial charge in [0, 0.05) is 30.2 Å². The van der Waals surface area contributed by atoms with Gasteiger partial charge in [-0.05, 0) is 58.1 Å². The Kier molecular flexibility index (Phi) is 9.18. The molecule has 4 aliphatic rings. The van der Waals surface area contributed by atoms with Gasteiger partial charge in [0.2, 0.25) is 0 Å². The number of aromatic nitrogens is 2. The molecule has 15 nitrogen and oxygen atoms in total. The number of allylic oxidation sites excluding steroid dienone is 3. The number of nitrogen functional groups attached to an aromatic ring is 1. The summed E-state index contributed by atoms with van der Waals surface area (Å²) in [5, 5.41) is 20.9.